The highest BCUT2D eigenvalue weighted by Gasteiger charge is 2.24. The van der Waals surface area contributed by atoms with Crippen LogP contribution in [0.5, 0.6) is 0 Å². The van der Waals surface area contributed by atoms with Gasteiger partial charge in [-0.2, -0.15) is 0 Å². The van der Waals surface area contributed by atoms with Gasteiger partial charge in [-0.15, -0.1) is 0 Å². The van der Waals surface area contributed by atoms with E-state index < -0.39 is 26.4 Å². The molecule has 8 heteroatoms. The second kappa shape index (κ2) is 4.05. The first-order chi connectivity index (χ1) is 8.30. The Labute approximate surface area is 101 Å². The van der Waals surface area contributed by atoms with Crippen LogP contribution in [0.1, 0.15) is 0 Å². The number of hydrogen-bond acceptors (Lipinski definition) is 5. The molecule has 0 saturated carbocycles. The van der Waals surface area contributed by atoms with E-state index in [-0.39, 0.29) is 17.1 Å². The zero-order valence-corrected chi connectivity index (χ0v) is 9.96. The molecular formula is C10H8F2N2O3S. The molecule has 1 heterocycles. The topological polar surface area (TPSA) is 86.2 Å². The van der Waals surface area contributed by atoms with E-state index in [1.54, 1.807) is 0 Å². The summed E-state index contributed by atoms with van der Waals surface area (Å²) in [5.41, 5.74) is 5.08. The fraction of sp³-hybridized carbons (Fsp3) is 0.100. The van der Waals surface area contributed by atoms with E-state index >= 15 is 0 Å². The SMILES string of the molecule is CS(=O)(=O)c1c(F)ccc(-c2cc(N)no2)c1F. The zero-order chi connectivity index (χ0) is 13.5. The minimum Gasteiger partial charge on any atom is -0.381 e. The van der Waals surface area contributed by atoms with Gasteiger partial charge in [-0.3, -0.25) is 0 Å². The highest BCUT2D eigenvalue weighted by molar-refractivity contribution is 7.90. The number of rotatable bonds is 2. The molecule has 0 atom stereocenters. The number of benzene rings is 1. The summed E-state index contributed by atoms with van der Waals surface area (Å²) in [6, 6.07) is 3.11. The van der Waals surface area contributed by atoms with Crippen molar-refractivity contribution in [3.8, 4) is 11.3 Å². The Balaban J connectivity index is 2.73. The summed E-state index contributed by atoms with van der Waals surface area (Å²) in [5.74, 6) is -2.45. The van der Waals surface area contributed by atoms with Crippen LogP contribution in [-0.2, 0) is 9.84 Å². The Bertz CT molecular complexity index is 710. The Hall–Kier alpha value is -1.96. The third-order valence-electron chi connectivity index (χ3n) is 2.21. The van der Waals surface area contributed by atoms with Crippen LogP contribution in [0, 0.1) is 11.6 Å². The Morgan fingerprint density at radius 3 is 2.50 bits per heavy atom. The van der Waals surface area contributed by atoms with Crippen LogP contribution >= 0.6 is 0 Å². The highest BCUT2D eigenvalue weighted by atomic mass is 32.2. The predicted octanol–water partition coefficient (Wildman–Crippen LogP) is 1.61. The first kappa shape index (κ1) is 12.5. The van der Waals surface area contributed by atoms with Crippen molar-refractivity contribution in [2.45, 2.75) is 4.90 Å². The fourth-order valence-corrected chi connectivity index (χ4v) is 2.34. The summed E-state index contributed by atoms with van der Waals surface area (Å²) in [6.07, 6.45) is 0.715. The van der Waals surface area contributed by atoms with Gasteiger partial charge in [0.2, 0.25) is 0 Å². The molecule has 1 aromatic carbocycles. The van der Waals surface area contributed by atoms with Crippen molar-refractivity contribution in [1.82, 2.24) is 5.16 Å². The first-order valence-corrected chi connectivity index (χ1v) is 6.60. The molecule has 0 fully saturated rings. The molecule has 0 radical (unpaired) electrons. The molecule has 0 aliphatic heterocycles. The van der Waals surface area contributed by atoms with Gasteiger partial charge in [-0.25, -0.2) is 17.2 Å². The van der Waals surface area contributed by atoms with E-state index in [0.717, 1.165) is 12.1 Å². The smallest absolute Gasteiger partial charge is 0.181 e. The van der Waals surface area contributed by atoms with Crippen molar-refractivity contribution in [2.24, 2.45) is 0 Å². The van der Waals surface area contributed by atoms with Crippen LogP contribution in [0.4, 0.5) is 14.6 Å². The van der Waals surface area contributed by atoms with Crippen molar-refractivity contribution in [3.63, 3.8) is 0 Å². The maximum absolute atomic E-state index is 14.0. The maximum atomic E-state index is 14.0. The molecule has 0 saturated heterocycles. The summed E-state index contributed by atoms with van der Waals surface area (Å²) in [6.45, 7) is 0. The van der Waals surface area contributed by atoms with Gasteiger partial charge in [0, 0.05) is 12.3 Å². The molecule has 18 heavy (non-hydrogen) atoms. The Kier molecular flexibility index (Phi) is 2.81. The molecule has 0 aliphatic rings. The number of anilines is 1. The lowest BCUT2D eigenvalue weighted by Gasteiger charge is -2.05. The summed E-state index contributed by atoms with van der Waals surface area (Å²) < 4.78 is 54.7. The average molecular weight is 274 g/mol. The molecular weight excluding hydrogens is 266 g/mol. The predicted molar refractivity (Wildman–Crippen MR) is 59.4 cm³/mol. The second-order valence-corrected chi connectivity index (χ2v) is 5.58. The highest BCUT2D eigenvalue weighted by Crippen LogP contribution is 2.30. The van der Waals surface area contributed by atoms with Gasteiger partial charge in [-0.1, -0.05) is 5.16 Å². The summed E-state index contributed by atoms with van der Waals surface area (Å²) in [5, 5.41) is 3.34. The van der Waals surface area contributed by atoms with Crippen LogP contribution in [-0.4, -0.2) is 19.8 Å². The van der Waals surface area contributed by atoms with Crippen LogP contribution in [0.3, 0.4) is 0 Å². The first-order valence-electron chi connectivity index (χ1n) is 4.71. The Morgan fingerprint density at radius 2 is 2.00 bits per heavy atom. The largest absolute Gasteiger partial charge is 0.381 e. The van der Waals surface area contributed by atoms with E-state index in [4.69, 9.17) is 10.3 Å². The summed E-state index contributed by atoms with van der Waals surface area (Å²) in [4.78, 5) is -1.00. The van der Waals surface area contributed by atoms with Crippen LogP contribution in [0.2, 0.25) is 0 Å². The van der Waals surface area contributed by atoms with Gasteiger partial charge in [0.15, 0.2) is 27.2 Å². The minimum atomic E-state index is -4.03. The quantitative estimate of drug-likeness (QED) is 0.899. The van der Waals surface area contributed by atoms with Gasteiger partial charge in [0.05, 0.1) is 5.56 Å². The second-order valence-electron chi connectivity index (χ2n) is 3.63. The number of hydrogen-bond donors (Lipinski definition) is 1. The molecule has 0 amide bonds. The molecule has 0 bridgehead atoms. The average Bonchev–Trinajstić information content (AvgIpc) is 2.62. The number of sulfone groups is 1. The number of nitrogens with two attached hydrogens (primary N) is 1. The third-order valence-corrected chi connectivity index (χ3v) is 3.33. The van der Waals surface area contributed by atoms with Crippen molar-refractivity contribution in [3.05, 3.63) is 29.8 Å². The Morgan fingerprint density at radius 1 is 1.33 bits per heavy atom. The molecule has 0 aliphatic carbocycles. The van der Waals surface area contributed by atoms with E-state index in [1.807, 2.05) is 0 Å². The van der Waals surface area contributed by atoms with Gasteiger partial charge in [0.1, 0.15) is 10.7 Å². The molecule has 2 N–H and O–H groups in total. The minimum absolute atomic E-state index is 0.00892. The molecule has 2 aromatic rings. The lowest BCUT2D eigenvalue weighted by molar-refractivity contribution is 0.431. The zero-order valence-electron chi connectivity index (χ0n) is 9.15. The molecule has 1 aromatic heterocycles. The monoisotopic (exact) mass is 274 g/mol. The third kappa shape index (κ3) is 2.06. The maximum Gasteiger partial charge on any atom is 0.181 e. The summed E-state index contributed by atoms with van der Waals surface area (Å²) >= 11 is 0. The lowest BCUT2D eigenvalue weighted by atomic mass is 10.1. The molecule has 0 unspecified atom stereocenters. The molecule has 96 valence electrons. The van der Waals surface area contributed by atoms with Crippen molar-refractivity contribution in [2.75, 3.05) is 12.0 Å². The number of halogens is 2. The molecule has 5 nitrogen and oxygen atoms in total. The lowest BCUT2D eigenvalue weighted by Crippen LogP contribution is -2.05. The van der Waals surface area contributed by atoms with Crippen LogP contribution in [0.15, 0.2) is 27.6 Å². The van der Waals surface area contributed by atoms with E-state index in [9.17, 15) is 17.2 Å². The standard InChI is InChI=1S/C10H8F2N2O3S/c1-18(15,16)10-6(11)3-2-5(9(10)12)7-4-8(13)14-17-7/h2-4H,1H3,(H2,13,14). The van der Waals surface area contributed by atoms with E-state index in [0.29, 0.717) is 6.26 Å². The van der Waals surface area contributed by atoms with E-state index in [1.165, 1.54) is 6.07 Å². The molecule has 0 spiro atoms. The van der Waals surface area contributed by atoms with Gasteiger partial charge in [-0.05, 0) is 12.1 Å². The van der Waals surface area contributed by atoms with Gasteiger partial charge < -0.3 is 10.3 Å². The van der Waals surface area contributed by atoms with Crippen molar-refractivity contribution < 1.29 is 21.7 Å². The number of aromatic nitrogens is 1. The van der Waals surface area contributed by atoms with Crippen molar-refractivity contribution in [1.29, 1.82) is 0 Å². The van der Waals surface area contributed by atoms with E-state index in [2.05, 4.69) is 5.16 Å². The summed E-state index contributed by atoms with van der Waals surface area (Å²) in [7, 11) is -4.03. The van der Waals surface area contributed by atoms with Crippen LogP contribution < -0.4 is 5.73 Å². The van der Waals surface area contributed by atoms with Crippen LogP contribution in [0.25, 0.3) is 11.3 Å². The number of nitrogens with zero attached hydrogens (tertiary/aromatic N) is 1. The normalized spacial score (nSPS) is 11.7. The van der Waals surface area contributed by atoms with Crippen molar-refractivity contribution >= 4 is 15.7 Å². The number of nitrogen functional groups attached to an aromatic ring is 1. The van der Waals surface area contributed by atoms with Gasteiger partial charge in [0.25, 0.3) is 0 Å². The van der Waals surface area contributed by atoms with Gasteiger partial charge >= 0.3 is 0 Å². The fourth-order valence-electron chi connectivity index (χ4n) is 1.48. The molecule has 2 rings (SSSR count).